The van der Waals surface area contributed by atoms with Crippen LogP contribution in [0.15, 0.2) is 54.0 Å². The van der Waals surface area contributed by atoms with Gasteiger partial charge in [0.1, 0.15) is 41.0 Å². The van der Waals surface area contributed by atoms with Crippen LogP contribution < -0.4 is 4.74 Å². The standard InChI is InChI=1S/C36H36F2N6O4S/c1-20-28-18-26(41-44(28)11-10-43(20)35(45)48-36(2,3)4)33-30(31-25(38)16-23(37)17-29(31)47-13-12-46-6)24-9-14-49-34(24)32(40-33)21-7-8-27-22(15-21)19-39-42(27)5/h7-9,14-20H,10-13H2,1-6H3/t20-/m1/s1. The van der Waals surface area contributed by atoms with E-state index in [0.717, 1.165) is 32.9 Å². The minimum Gasteiger partial charge on any atom is -0.490 e. The highest BCUT2D eigenvalue weighted by Gasteiger charge is 2.34. The SMILES string of the molecule is COCCOc1cc(F)cc(F)c1-c1c(-c2cc3n(n2)CCN(C(=O)OC(C)(C)C)[C@@H]3C)nc(-c2ccc3c(cnn3C)c2)c2sccc12. The second-order valence-electron chi connectivity index (χ2n) is 13.0. The van der Waals surface area contributed by atoms with E-state index in [1.54, 1.807) is 11.1 Å². The molecule has 0 N–H and O–H groups in total. The van der Waals surface area contributed by atoms with Crippen molar-refractivity contribution in [3.05, 3.63) is 71.4 Å². The Morgan fingerprint density at radius 1 is 1.04 bits per heavy atom. The molecular weight excluding hydrogens is 650 g/mol. The van der Waals surface area contributed by atoms with Crippen LogP contribution in [-0.2, 0) is 23.1 Å². The predicted molar refractivity (Wildman–Crippen MR) is 185 cm³/mol. The van der Waals surface area contributed by atoms with Gasteiger partial charge in [-0.2, -0.15) is 10.2 Å². The second-order valence-corrected chi connectivity index (χ2v) is 13.9. The number of aryl methyl sites for hydroxylation is 1. The molecule has 49 heavy (non-hydrogen) atoms. The first-order chi connectivity index (χ1) is 23.4. The van der Waals surface area contributed by atoms with Crippen LogP contribution in [0.4, 0.5) is 13.6 Å². The van der Waals surface area contributed by atoms with Crippen LogP contribution in [0.3, 0.4) is 0 Å². The number of ether oxygens (including phenoxy) is 3. The van der Waals surface area contributed by atoms with Gasteiger partial charge in [-0.1, -0.05) is 6.07 Å². The monoisotopic (exact) mass is 686 g/mol. The number of benzene rings is 2. The largest absolute Gasteiger partial charge is 0.490 e. The molecule has 10 nitrogen and oxygen atoms in total. The fraction of sp³-hybridized carbons (Fsp3) is 0.333. The Kier molecular flexibility index (Phi) is 8.35. The molecule has 0 saturated carbocycles. The highest BCUT2D eigenvalue weighted by molar-refractivity contribution is 7.17. The lowest BCUT2D eigenvalue weighted by molar-refractivity contribution is 0.0120. The van der Waals surface area contributed by atoms with E-state index in [1.807, 2.05) is 79.8 Å². The second kappa shape index (κ2) is 12.5. The number of carbonyl (C=O) groups is 1. The molecule has 6 aromatic rings. The van der Waals surface area contributed by atoms with Gasteiger partial charge in [0.2, 0.25) is 0 Å². The van der Waals surface area contributed by atoms with Crippen molar-refractivity contribution in [1.29, 1.82) is 0 Å². The van der Waals surface area contributed by atoms with Crippen molar-refractivity contribution in [1.82, 2.24) is 29.4 Å². The molecule has 13 heteroatoms. The van der Waals surface area contributed by atoms with Crippen molar-refractivity contribution in [2.45, 2.75) is 45.9 Å². The van der Waals surface area contributed by atoms with E-state index < -0.39 is 23.3 Å². The van der Waals surface area contributed by atoms with Gasteiger partial charge >= 0.3 is 6.09 Å². The highest BCUT2D eigenvalue weighted by Crippen LogP contribution is 2.47. The zero-order valence-corrected chi connectivity index (χ0v) is 28.9. The van der Waals surface area contributed by atoms with Crippen molar-refractivity contribution in [3.8, 4) is 39.5 Å². The molecule has 0 fully saturated rings. The minimum atomic E-state index is -0.791. The van der Waals surface area contributed by atoms with Crippen molar-refractivity contribution in [3.63, 3.8) is 0 Å². The maximum absolute atomic E-state index is 16.1. The summed E-state index contributed by atoms with van der Waals surface area (Å²) in [5.41, 5.74) is 4.02. The molecule has 0 spiro atoms. The molecule has 1 aliphatic heterocycles. The number of hydrogen-bond acceptors (Lipinski definition) is 8. The summed E-state index contributed by atoms with van der Waals surface area (Å²) in [4.78, 5) is 20.1. The van der Waals surface area contributed by atoms with Crippen LogP contribution in [0.1, 0.15) is 39.4 Å². The van der Waals surface area contributed by atoms with Crippen molar-refractivity contribution >= 4 is 38.4 Å². The van der Waals surface area contributed by atoms with Crippen LogP contribution in [0, 0.1) is 11.6 Å². The number of thiophene rings is 1. The molecule has 0 unspecified atom stereocenters. The lowest BCUT2D eigenvalue weighted by atomic mass is 9.95. The van der Waals surface area contributed by atoms with Gasteiger partial charge in [-0.15, -0.1) is 11.3 Å². The molecule has 4 aromatic heterocycles. The number of rotatable bonds is 7. The number of carbonyl (C=O) groups excluding carboxylic acids is 1. The number of aromatic nitrogens is 5. The third-order valence-corrected chi connectivity index (χ3v) is 9.49. The summed E-state index contributed by atoms with van der Waals surface area (Å²) in [5, 5.41) is 13.0. The zero-order valence-electron chi connectivity index (χ0n) is 28.1. The molecule has 0 bridgehead atoms. The minimum absolute atomic E-state index is 0.0306. The van der Waals surface area contributed by atoms with Crippen LogP contribution in [0.25, 0.3) is 54.8 Å². The van der Waals surface area contributed by atoms with Crippen LogP contribution in [0.5, 0.6) is 5.75 Å². The first-order valence-electron chi connectivity index (χ1n) is 16.0. The smallest absolute Gasteiger partial charge is 0.410 e. The third-order valence-electron chi connectivity index (χ3n) is 8.57. The Morgan fingerprint density at radius 3 is 2.63 bits per heavy atom. The van der Waals surface area contributed by atoms with Crippen molar-refractivity contribution in [2.75, 3.05) is 26.9 Å². The van der Waals surface area contributed by atoms with E-state index in [0.29, 0.717) is 41.1 Å². The quantitative estimate of drug-likeness (QED) is 0.157. The predicted octanol–water partition coefficient (Wildman–Crippen LogP) is 8.00. The van der Waals surface area contributed by atoms with E-state index >= 15 is 4.39 Å². The summed E-state index contributed by atoms with van der Waals surface area (Å²) in [6, 6.07) is 11.5. The van der Waals surface area contributed by atoms with Crippen LogP contribution in [-0.4, -0.2) is 68.0 Å². The fourth-order valence-electron chi connectivity index (χ4n) is 6.31. The van der Waals surface area contributed by atoms with Gasteiger partial charge in [0.05, 0.1) is 52.6 Å². The number of nitrogens with zero attached hydrogens (tertiary/aromatic N) is 6. The molecule has 7 rings (SSSR count). The molecule has 0 radical (unpaired) electrons. The van der Waals surface area contributed by atoms with Gasteiger partial charge in [-0.05, 0) is 57.3 Å². The van der Waals surface area contributed by atoms with Gasteiger partial charge in [-0.3, -0.25) is 14.3 Å². The van der Waals surface area contributed by atoms with Gasteiger partial charge in [0, 0.05) is 54.7 Å². The van der Waals surface area contributed by atoms with E-state index in [9.17, 15) is 9.18 Å². The zero-order chi connectivity index (χ0) is 34.6. The Bertz CT molecular complexity index is 2220. The van der Waals surface area contributed by atoms with E-state index in [1.165, 1.54) is 24.5 Å². The summed E-state index contributed by atoms with van der Waals surface area (Å²) >= 11 is 1.48. The number of pyridine rings is 1. The van der Waals surface area contributed by atoms with Crippen LogP contribution >= 0.6 is 11.3 Å². The topological polar surface area (TPSA) is 96.5 Å². The third kappa shape index (κ3) is 6.01. The van der Waals surface area contributed by atoms with Gasteiger partial charge in [0.15, 0.2) is 0 Å². The summed E-state index contributed by atoms with van der Waals surface area (Å²) in [5.74, 6) is -1.52. The molecule has 1 aliphatic rings. The molecule has 254 valence electrons. The number of hydrogen-bond donors (Lipinski definition) is 0. The number of fused-ring (bicyclic) bond motifs is 3. The lowest BCUT2D eigenvalue weighted by Crippen LogP contribution is -2.43. The summed E-state index contributed by atoms with van der Waals surface area (Å²) in [7, 11) is 3.42. The Morgan fingerprint density at radius 2 is 1.86 bits per heavy atom. The molecule has 1 atom stereocenters. The summed E-state index contributed by atoms with van der Waals surface area (Å²) in [6.45, 7) is 8.56. The van der Waals surface area contributed by atoms with Crippen LogP contribution in [0.2, 0.25) is 0 Å². The fourth-order valence-corrected chi connectivity index (χ4v) is 7.22. The number of amides is 1. The maximum atomic E-state index is 16.1. The molecule has 1 amide bonds. The first-order valence-corrected chi connectivity index (χ1v) is 16.8. The van der Waals surface area contributed by atoms with E-state index in [-0.39, 0.29) is 30.6 Å². The van der Waals surface area contributed by atoms with Gasteiger partial charge < -0.3 is 14.2 Å². The molecule has 2 aromatic carbocycles. The maximum Gasteiger partial charge on any atom is 0.410 e. The highest BCUT2D eigenvalue weighted by atomic mass is 32.1. The van der Waals surface area contributed by atoms with Gasteiger partial charge in [0.25, 0.3) is 0 Å². The molecule has 0 aliphatic carbocycles. The normalized spacial score (nSPS) is 14.9. The van der Waals surface area contributed by atoms with Gasteiger partial charge in [-0.25, -0.2) is 18.6 Å². The molecular formula is C36H36F2N6O4S. The van der Waals surface area contributed by atoms with Crippen molar-refractivity contribution < 1.29 is 27.8 Å². The summed E-state index contributed by atoms with van der Waals surface area (Å²) in [6.07, 6.45) is 1.39. The molecule has 0 saturated heterocycles. The number of halogens is 2. The van der Waals surface area contributed by atoms with E-state index in [4.69, 9.17) is 24.3 Å². The average molecular weight is 687 g/mol. The lowest BCUT2D eigenvalue weighted by Gasteiger charge is -2.35. The molecule has 5 heterocycles. The van der Waals surface area contributed by atoms with E-state index in [2.05, 4.69) is 5.10 Å². The number of methoxy groups -OCH3 is 1. The Labute approximate surface area is 285 Å². The summed E-state index contributed by atoms with van der Waals surface area (Å²) < 4.78 is 52.1. The van der Waals surface area contributed by atoms with Crippen molar-refractivity contribution in [2.24, 2.45) is 7.05 Å². The Balaban J connectivity index is 1.45. The first kappa shape index (κ1) is 32.7. The Hall–Kier alpha value is -4.88. The average Bonchev–Trinajstić information content (AvgIpc) is 3.79.